The summed E-state index contributed by atoms with van der Waals surface area (Å²) >= 11 is 3.35. The highest BCUT2D eigenvalue weighted by atomic mass is 79.9. The molecule has 1 aromatic carbocycles. The van der Waals surface area contributed by atoms with Gasteiger partial charge in [-0.1, -0.05) is 34.1 Å². The van der Waals surface area contributed by atoms with Crippen molar-refractivity contribution in [2.75, 3.05) is 0 Å². The molecule has 0 amide bonds. The van der Waals surface area contributed by atoms with Crippen molar-refractivity contribution in [1.82, 2.24) is 4.98 Å². The van der Waals surface area contributed by atoms with Crippen molar-refractivity contribution in [3.05, 3.63) is 63.9 Å². The Hall–Kier alpha value is -1.48. The van der Waals surface area contributed by atoms with Crippen molar-refractivity contribution in [2.45, 2.75) is 13.3 Å². The first kappa shape index (κ1) is 12.0. The number of nitrogens with zero attached hydrogens (tertiary/aromatic N) is 1. The first-order valence-corrected chi connectivity index (χ1v) is 6.15. The van der Waals surface area contributed by atoms with Crippen molar-refractivity contribution >= 4 is 21.7 Å². The average Bonchev–Trinajstić information content (AvgIpc) is 2.33. The molecule has 0 atom stereocenters. The number of ketones is 1. The quantitative estimate of drug-likeness (QED) is 0.809. The summed E-state index contributed by atoms with van der Waals surface area (Å²) in [7, 11) is 0. The Labute approximate surface area is 109 Å². The Kier molecular flexibility index (Phi) is 3.69. The highest BCUT2D eigenvalue weighted by molar-refractivity contribution is 9.10. The lowest BCUT2D eigenvalue weighted by Crippen LogP contribution is -2.06. The number of aryl methyl sites for hydroxylation is 1. The predicted molar refractivity (Wildman–Crippen MR) is 71.2 cm³/mol. The number of hydrogen-bond acceptors (Lipinski definition) is 2. The number of rotatable bonds is 3. The van der Waals surface area contributed by atoms with Gasteiger partial charge < -0.3 is 0 Å². The van der Waals surface area contributed by atoms with Crippen molar-refractivity contribution in [3.63, 3.8) is 0 Å². The first-order chi connectivity index (χ1) is 8.16. The number of carbonyl (C=O) groups excluding carboxylic acids is 1. The summed E-state index contributed by atoms with van der Waals surface area (Å²) in [4.78, 5) is 16.3. The Balaban J connectivity index is 2.17. The molecule has 0 saturated heterocycles. The number of benzene rings is 1. The second kappa shape index (κ2) is 5.23. The van der Waals surface area contributed by atoms with E-state index in [4.69, 9.17) is 0 Å². The fraction of sp³-hybridized carbons (Fsp3) is 0.143. The van der Waals surface area contributed by atoms with Gasteiger partial charge in [0.1, 0.15) is 0 Å². The molecule has 0 saturated carbocycles. The molecule has 1 aromatic heterocycles. The van der Waals surface area contributed by atoms with Crippen LogP contribution in [0.1, 0.15) is 21.6 Å². The van der Waals surface area contributed by atoms with Crippen LogP contribution in [0.4, 0.5) is 0 Å². The van der Waals surface area contributed by atoms with Crippen molar-refractivity contribution in [3.8, 4) is 0 Å². The zero-order valence-electron chi connectivity index (χ0n) is 9.48. The molecule has 0 fully saturated rings. The van der Waals surface area contributed by atoms with Gasteiger partial charge >= 0.3 is 0 Å². The van der Waals surface area contributed by atoms with E-state index in [1.165, 1.54) is 0 Å². The number of hydrogen-bond donors (Lipinski definition) is 0. The maximum Gasteiger partial charge on any atom is 0.168 e. The second-order valence-electron chi connectivity index (χ2n) is 3.87. The van der Waals surface area contributed by atoms with E-state index in [0.717, 1.165) is 21.3 Å². The molecule has 2 nitrogen and oxygen atoms in total. The van der Waals surface area contributed by atoms with E-state index in [1.807, 2.05) is 43.3 Å². The molecule has 0 unspecified atom stereocenters. The molecule has 0 spiro atoms. The third-order valence-electron chi connectivity index (χ3n) is 2.61. The van der Waals surface area contributed by atoms with Crippen LogP contribution in [0.25, 0.3) is 0 Å². The molecule has 0 aliphatic heterocycles. The van der Waals surface area contributed by atoms with Gasteiger partial charge in [-0.05, 0) is 30.7 Å². The zero-order chi connectivity index (χ0) is 12.3. The van der Waals surface area contributed by atoms with Crippen LogP contribution in [0.3, 0.4) is 0 Å². The molecule has 1 heterocycles. The topological polar surface area (TPSA) is 30.0 Å². The third kappa shape index (κ3) is 3.01. The normalized spacial score (nSPS) is 10.2. The number of halogens is 1. The summed E-state index contributed by atoms with van der Waals surface area (Å²) in [6, 6.07) is 11.2. The van der Waals surface area contributed by atoms with Gasteiger partial charge in [0.25, 0.3) is 0 Å². The number of Topliss-reactive ketones (excluding diaryl/α,β-unsaturated/α-hetero) is 1. The highest BCUT2D eigenvalue weighted by Gasteiger charge is 2.09. The lowest BCUT2D eigenvalue weighted by atomic mass is 10.0. The van der Waals surface area contributed by atoms with Crippen molar-refractivity contribution < 1.29 is 4.79 Å². The molecule has 17 heavy (non-hydrogen) atoms. The second-order valence-corrected chi connectivity index (χ2v) is 4.79. The van der Waals surface area contributed by atoms with Crippen LogP contribution < -0.4 is 0 Å². The molecule has 0 radical (unpaired) electrons. The minimum Gasteiger partial charge on any atom is -0.294 e. The van der Waals surface area contributed by atoms with Gasteiger partial charge in [0, 0.05) is 16.2 Å². The Morgan fingerprint density at radius 2 is 1.94 bits per heavy atom. The molecule has 0 N–H and O–H groups in total. The largest absolute Gasteiger partial charge is 0.294 e. The summed E-state index contributed by atoms with van der Waals surface area (Å²) in [5.41, 5.74) is 2.62. The number of pyridine rings is 1. The van der Waals surface area contributed by atoms with Gasteiger partial charge in [0.05, 0.1) is 12.1 Å². The van der Waals surface area contributed by atoms with Crippen LogP contribution in [-0.4, -0.2) is 10.8 Å². The fourth-order valence-corrected chi connectivity index (χ4v) is 1.86. The van der Waals surface area contributed by atoms with Crippen LogP contribution in [0.5, 0.6) is 0 Å². The van der Waals surface area contributed by atoms with E-state index >= 15 is 0 Å². The third-order valence-corrected chi connectivity index (χ3v) is 3.14. The average molecular weight is 290 g/mol. The SMILES string of the molecule is Cc1cccnc1CC(=O)c1ccc(Br)cc1. The molecule has 0 bridgehead atoms. The van der Waals surface area contributed by atoms with E-state index in [-0.39, 0.29) is 5.78 Å². The van der Waals surface area contributed by atoms with Gasteiger partial charge in [0.15, 0.2) is 5.78 Å². The number of aromatic nitrogens is 1. The van der Waals surface area contributed by atoms with E-state index in [0.29, 0.717) is 6.42 Å². The summed E-state index contributed by atoms with van der Waals surface area (Å²) in [5.74, 6) is 0.0966. The molecule has 86 valence electrons. The number of carbonyl (C=O) groups is 1. The van der Waals surface area contributed by atoms with Crippen LogP contribution in [-0.2, 0) is 6.42 Å². The molecular weight excluding hydrogens is 278 g/mol. The van der Waals surface area contributed by atoms with E-state index in [2.05, 4.69) is 20.9 Å². The van der Waals surface area contributed by atoms with Gasteiger partial charge in [-0.15, -0.1) is 0 Å². The predicted octanol–water partition coefficient (Wildman–Crippen LogP) is 3.58. The Bertz CT molecular complexity index is 534. The maximum absolute atomic E-state index is 12.0. The lowest BCUT2D eigenvalue weighted by molar-refractivity contribution is 0.0991. The summed E-state index contributed by atoms with van der Waals surface area (Å²) in [5, 5.41) is 0. The molecule has 3 heteroatoms. The van der Waals surface area contributed by atoms with Crippen LogP contribution in [0, 0.1) is 6.92 Å². The minimum absolute atomic E-state index is 0.0966. The first-order valence-electron chi connectivity index (χ1n) is 5.36. The van der Waals surface area contributed by atoms with E-state index in [1.54, 1.807) is 6.20 Å². The summed E-state index contributed by atoms with van der Waals surface area (Å²) < 4.78 is 0.975. The van der Waals surface area contributed by atoms with Crippen LogP contribution in [0.2, 0.25) is 0 Å². The van der Waals surface area contributed by atoms with Crippen LogP contribution in [0.15, 0.2) is 47.1 Å². The Morgan fingerprint density at radius 1 is 1.24 bits per heavy atom. The smallest absolute Gasteiger partial charge is 0.168 e. The molecule has 0 aliphatic rings. The highest BCUT2D eigenvalue weighted by Crippen LogP contribution is 2.13. The summed E-state index contributed by atoms with van der Waals surface area (Å²) in [6.45, 7) is 1.97. The van der Waals surface area contributed by atoms with Gasteiger partial charge in [-0.3, -0.25) is 9.78 Å². The van der Waals surface area contributed by atoms with Crippen LogP contribution >= 0.6 is 15.9 Å². The van der Waals surface area contributed by atoms with Crippen molar-refractivity contribution in [2.24, 2.45) is 0 Å². The fourth-order valence-electron chi connectivity index (χ4n) is 1.59. The maximum atomic E-state index is 12.0. The van der Waals surface area contributed by atoms with E-state index < -0.39 is 0 Å². The van der Waals surface area contributed by atoms with Gasteiger partial charge in [0.2, 0.25) is 0 Å². The van der Waals surface area contributed by atoms with Crippen molar-refractivity contribution in [1.29, 1.82) is 0 Å². The summed E-state index contributed by atoms with van der Waals surface area (Å²) in [6.07, 6.45) is 2.07. The van der Waals surface area contributed by atoms with Gasteiger partial charge in [-0.25, -0.2) is 0 Å². The monoisotopic (exact) mass is 289 g/mol. The van der Waals surface area contributed by atoms with E-state index in [9.17, 15) is 4.79 Å². The Morgan fingerprint density at radius 3 is 2.59 bits per heavy atom. The zero-order valence-corrected chi connectivity index (χ0v) is 11.1. The standard InChI is InChI=1S/C14H12BrNO/c1-10-3-2-8-16-13(10)9-14(17)11-4-6-12(15)7-5-11/h2-8H,9H2,1H3. The van der Waals surface area contributed by atoms with Gasteiger partial charge in [-0.2, -0.15) is 0 Å². The molecule has 0 aliphatic carbocycles. The minimum atomic E-state index is 0.0966. The molecular formula is C14H12BrNO. The molecule has 2 rings (SSSR count). The molecule has 2 aromatic rings. The lowest BCUT2D eigenvalue weighted by Gasteiger charge is -2.04.